The molecule has 1 aromatic heterocycles. The Morgan fingerprint density at radius 3 is 2.73 bits per heavy atom. The first-order chi connectivity index (χ1) is 16.0. The maximum atomic E-state index is 12.6. The average molecular weight is 467 g/mol. The highest BCUT2D eigenvalue weighted by atomic mass is 35.5. The number of nitrogens with zero attached hydrogens (tertiary/aromatic N) is 2. The number of rotatable bonds is 8. The summed E-state index contributed by atoms with van der Waals surface area (Å²) >= 11 is 6.08. The van der Waals surface area contributed by atoms with Crippen molar-refractivity contribution in [2.45, 2.75) is 32.2 Å². The van der Waals surface area contributed by atoms with Gasteiger partial charge in [0.15, 0.2) is 0 Å². The van der Waals surface area contributed by atoms with Gasteiger partial charge in [-0.15, -0.1) is 0 Å². The summed E-state index contributed by atoms with van der Waals surface area (Å²) in [7, 11) is 0. The van der Waals surface area contributed by atoms with Gasteiger partial charge in [-0.3, -0.25) is 9.59 Å². The molecule has 0 saturated carbocycles. The Bertz CT molecular complexity index is 1190. The summed E-state index contributed by atoms with van der Waals surface area (Å²) < 4.78 is 6.70. The number of carbonyl (C=O) groups is 3. The summed E-state index contributed by atoms with van der Waals surface area (Å²) in [5, 5.41) is 10.5. The minimum atomic E-state index is -0.763. The first kappa shape index (κ1) is 22.5. The molecule has 2 amide bonds. The minimum absolute atomic E-state index is 0.0870. The highest BCUT2D eigenvalue weighted by Crippen LogP contribution is 2.36. The van der Waals surface area contributed by atoms with Crippen LogP contribution in [0.3, 0.4) is 0 Å². The summed E-state index contributed by atoms with van der Waals surface area (Å²) in [6.07, 6.45) is 3.31. The summed E-state index contributed by atoms with van der Waals surface area (Å²) in [6.45, 7) is 2.40. The lowest BCUT2D eigenvalue weighted by Gasteiger charge is -2.10. The van der Waals surface area contributed by atoms with Crippen LogP contribution in [0, 0.1) is 0 Å². The molecule has 1 aliphatic rings. The molecule has 1 atom stereocenters. The number of hydrogen-bond acceptors (Lipinski definition) is 5. The quantitative estimate of drug-likeness (QED) is 0.370. The van der Waals surface area contributed by atoms with Gasteiger partial charge in [-0.25, -0.2) is 9.48 Å². The molecule has 3 aromatic rings. The number of nitrogens with one attached hydrogen (secondary N) is 2. The van der Waals surface area contributed by atoms with E-state index in [1.165, 1.54) is 4.68 Å². The predicted octanol–water partition coefficient (Wildman–Crippen LogP) is 4.68. The van der Waals surface area contributed by atoms with Crippen LogP contribution < -0.4 is 10.6 Å². The van der Waals surface area contributed by atoms with Gasteiger partial charge in [0.05, 0.1) is 24.8 Å². The number of aromatic nitrogens is 2. The van der Waals surface area contributed by atoms with E-state index in [2.05, 4.69) is 15.7 Å². The summed E-state index contributed by atoms with van der Waals surface area (Å²) in [6, 6.07) is 12.9. The lowest BCUT2D eigenvalue weighted by atomic mass is 10.1. The molecule has 9 heteroatoms. The first-order valence-corrected chi connectivity index (χ1v) is 11.1. The number of fused-ring (bicyclic) bond motifs is 1. The Morgan fingerprint density at radius 2 is 2.00 bits per heavy atom. The van der Waals surface area contributed by atoms with Gasteiger partial charge in [-0.1, -0.05) is 37.1 Å². The van der Waals surface area contributed by atoms with Crippen molar-refractivity contribution in [1.29, 1.82) is 0 Å². The maximum Gasteiger partial charge on any atom is 0.338 e. The molecule has 8 nitrogen and oxygen atoms in total. The largest absolute Gasteiger partial charge is 0.462 e. The normalized spacial score (nSPS) is 14.5. The Morgan fingerprint density at radius 1 is 1.21 bits per heavy atom. The van der Waals surface area contributed by atoms with Crippen molar-refractivity contribution < 1.29 is 19.1 Å². The highest BCUT2D eigenvalue weighted by Gasteiger charge is 2.35. The second kappa shape index (κ2) is 9.87. The number of esters is 1. The molecule has 1 unspecified atom stereocenters. The molecule has 0 radical (unpaired) electrons. The number of ether oxygens (including phenoxy) is 1. The van der Waals surface area contributed by atoms with Gasteiger partial charge in [0.25, 0.3) is 5.91 Å². The third-order valence-corrected chi connectivity index (χ3v) is 5.52. The lowest BCUT2D eigenvalue weighted by Crippen LogP contribution is -2.23. The zero-order chi connectivity index (χ0) is 23.4. The highest BCUT2D eigenvalue weighted by molar-refractivity contribution is 6.30. The number of benzene rings is 2. The van der Waals surface area contributed by atoms with E-state index in [0.29, 0.717) is 28.7 Å². The number of hydrogen-bond donors (Lipinski definition) is 2. The van der Waals surface area contributed by atoms with Crippen LogP contribution in [0.15, 0.2) is 54.7 Å². The van der Waals surface area contributed by atoms with Crippen LogP contribution in [0.1, 0.15) is 42.6 Å². The van der Waals surface area contributed by atoms with Crippen LogP contribution in [0.25, 0.3) is 11.1 Å². The molecular weight excluding hydrogens is 444 g/mol. The molecule has 0 saturated heterocycles. The molecule has 33 heavy (non-hydrogen) atoms. The maximum absolute atomic E-state index is 12.6. The minimum Gasteiger partial charge on any atom is -0.462 e. The van der Waals surface area contributed by atoms with Crippen molar-refractivity contribution in [1.82, 2.24) is 9.78 Å². The molecule has 170 valence electrons. The molecule has 0 fully saturated rings. The molecular formula is C24H23ClN4O4. The van der Waals surface area contributed by atoms with Crippen LogP contribution in [0.4, 0.5) is 11.5 Å². The van der Waals surface area contributed by atoms with Crippen molar-refractivity contribution in [3.05, 3.63) is 65.3 Å². The Kier molecular flexibility index (Phi) is 6.74. The van der Waals surface area contributed by atoms with Crippen LogP contribution in [-0.4, -0.2) is 34.2 Å². The van der Waals surface area contributed by atoms with E-state index < -0.39 is 12.0 Å². The van der Waals surface area contributed by atoms with E-state index in [1.54, 1.807) is 42.6 Å². The van der Waals surface area contributed by atoms with E-state index in [4.69, 9.17) is 16.3 Å². The molecule has 0 spiro atoms. The molecule has 0 aliphatic carbocycles. The van der Waals surface area contributed by atoms with Crippen molar-refractivity contribution in [2.75, 3.05) is 17.2 Å². The second-order valence-corrected chi connectivity index (χ2v) is 8.12. The standard InChI is InChI=1S/C24H23ClN4O4/c1-2-3-11-33-24(32)15-7-9-18(10-8-15)27-21(30)13-20-23(31)28-22-19(14-26-29(20)22)16-5-4-6-17(25)12-16/h4-10,12,14,20H,2-3,11,13H2,1H3,(H,27,30)(H,28,31). The van der Waals surface area contributed by atoms with E-state index in [-0.39, 0.29) is 18.2 Å². The van der Waals surface area contributed by atoms with Crippen LogP contribution in [0.2, 0.25) is 5.02 Å². The molecule has 2 N–H and O–H groups in total. The van der Waals surface area contributed by atoms with Crippen molar-refractivity contribution in [3.63, 3.8) is 0 Å². The third-order valence-electron chi connectivity index (χ3n) is 5.28. The number of unbranched alkanes of at least 4 members (excludes halogenated alkanes) is 1. The number of halogens is 1. The number of anilines is 2. The summed E-state index contributed by atoms with van der Waals surface area (Å²) in [5.74, 6) is -0.514. The topological polar surface area (TPSA) is 102 Å². The molecule has 2 heterocycles. The van der Waals surface area contributed by atoms with Crippen LogP contribution in [-0.2, 0) is 14.3 Å². The van der Waals surface area contributed by atoms with E-state index in [0.717, 1.165) is 24.0 Å². The molecule has 0 bridgehead atoms. The number of carbonyl (C=O) groups excluding carboxylic acids is 3. The fraction of sp³-hybridized carbons (Fsp3) is 0.250. The molecule has 2 aromatic carbocycles. The zero-order valence-corrected chi connectivity index (χ0v) is 18.8. The van der Waals surface area contributed by atoms with Gasteiger partial charge in [0, 0.05) is 16.3 Å². The SMILES string of the molecule is CCCCOC(=O)c1ccc(NC(=O)CC2C(=O)Nc3c(-c4cccc(Cl)c4)cnn32)cc1. The zero-order valence-electron chi connectivity index (χ0n) is 18.0. The Hall–Kier alpha value is -3.65. The van der Waals surface area contributed by atoms with E-state index in [9.17, 15) is 14.4 Å². The predicted molar refractivity (Wildman–Crippen MR) is 125 cm³/mol. The fourth-order valence-corrected chi connectivity index (χ4v) is 3.74. The van der Waals surface area contributed by atoms with E-state index >= 15 is 0 Å². The van der Waals surface area contributed by atoms with Gasteiger partial charge < -0.3 is 15.4 Å². The van der Waals surface area contributed by atoms with Gasteiger partial charge in [0.2, 0.25) is 5.91 Å². The van der Waals surface area contributed by atoms with Crippen molar-refractivity contribution in [2.24, 2.45) is 0 Å². The van der Waals surface area contributed by atoms with Gasteiger partial charge in [-0.2, -0.15) is 5.10 Å². The Labute approximate surface area is 195 Å². The van der Waals surface area contributed by atoms with Gasteiger partial charge >= 0.3 is 5.97 Å². The second-order valence-electron chi connectivity index (χ2n) is 7.69. The molecule has 1 aliphatic heterocycles. The first-order valence-electron chi connectivity index (χ1n) is 10.7. The van der Waals surface area contributed by atoms with Crippen LogP contribution in [0.5, 0.6) is 0 Å². The third kappa shape index (κ3) is 5.06. The molecule has 4 rings (SSSR count). The van der Waals surface area contributed by atoms with E-state index in [1.807, 2.05) is 19.1 Å². The van der Waals surface area contributed by atoms with Gasteiger partial charge in [0.1, 0.15) is 11.9 Å². The lowest BCUT2D eigenvalue weighted by molar-refractivity contribution is -0.123. The summed E-state index contributed by atoms with van der Waals surface area (Å²) in [4.78, 5) is 37.1. The van der Waals surface area contributed by atoms with Crippen molar-refractivity contribution in [3.8, 4) is 11.1 Å². The summed E-state index contributed by atoms with van der Waals surface area (Å²) in [5.41, 5.74) is 2.48. The fourth-order valence-electron chi connectivity index (χ4n) is 3.55. The van der Waals surface area contributed by atoms with Gasteiger partial charge in [-0.05, 0) is 48.4 Å². The average Bonchev–Trinajstić information content (AvgIpc) is 3.33. The van der Waals surface area contributed by atoms with Crippen LogP contribution >= 0.6 is 11.6 Å². The Balaban J connectivity index is 1.40. The van der Waals surface area contributed by atoms with Crippen molar-refractivity contribution >= 4 is 40.9 Å². The number of amides is 2. The monoisotopic (exact) mass is 466 g/mol. The smallest absolute Gasteiger partial charge is 0.338 e.